The van der Waals surface area contributed by atoms with Crippen molar-refractivity contribution < 1.29 is 4.79 Å². The fourth-order valence-corrected chi connectivity index (χ4v) is 3.59. The van der Waals surface area contributed by atoms with Crippen LogP contribution in [0, 0.1) is 0 Å². The van der Waals surface area contributed by atoms with Crippen molar-refractivity contribution in [2.75, 3.05) is 5.43 Å². The number of rotatable bonds is 2. The van der Waals surface area contributed by atoms with Gasteiger partial charge in [0.05, 0.1) is 0 Å². The molecule has 0 unspecified atom stereocenters. The zero-order valence-electron chi connectivity index (χ0n) is 9.74. The average molecular weight is 318 g/mol. The van der Waals surface area contributed by atoms with Crippen LogP contribution in [0.3, 0.4) is 0 Å². The van der Waals surface area contributed by atoms with Crippen LogP contribution in [0.25, 0.3) is 9.65 Å². The molecule has 0 atom stereocenters. The van der Waals surface area contributed by atoms with Gasteiger partial charge < -0.3 is 0 Å². The zero-order chi connectivity index (χ0) is 13.2. The summed E-state index contributed by atoms with van der Waals surface area (Å²) in [5.41, 5.74) is 2.96. The Balaban J connectivity index is 1.96. The molecule has 1 N–H and O–H groups in total. The molecule has 0 saturated carbocycles. The van der Waals surface area contributed by atoms with Crippen molar-refractivity contribution in [3.63, 3.8) is 0 Å². The molecule has 19 heavy (non-hydrogen) atoms. The van der Waals surface area contributed by atoms with Gasteiger partial charge in [0.15, 0.2) is 0 Å². The minimum atomic E-state index is -0.301. The number of carbonyl (C=O) groups excluding carboxylic acids is 1. The van der Waals surface area contributed by atoms with E-state index < -0.39 is 0 Å². The van der Waals surface area contributed by atoms with Gasteiger partial charge in [-0.25, -0.2) is 0 Å². The summed E-state index contributed by atoms with van der Waals surface area (Å²) in [7, 11) is 0. The minimum absolute atomic E-state index is 0.155. The van der Waals surface area contributed by atoms with Crippen molar-refractivity contribution in [1.29, 1.82) is 0 Å². The molecule has 1 amide bonds. The second kappa shape index (κ2) is 4.84. The molecule has 0 aliphatic rings. The van der Waals surface area contributed by atoms with Gasteiger partial charge >= 0.3 is 114 Å². The second-order valence-electron chi connectivity index (χ2n) is 3.86. The van der Waals surface area contributed by atoms with Crippen molar-refractivity contribution in [3.05, 3.63) is 64.7 Å². The van der Waals surface area contributed by atoms with Gasteiger partial charge in [-0.3, -0.25) is 0 Å². The SMILES string of the molecule is O=C(Nn1[se]c2ccccc2c1=O)c1ccncc1. The van der Waals surface area contributed by atoms with E-state index >= 15 is 0 Å². The Hall–Kier alpha value is -2.17. The van der Waals surface area contributed by atoms with E-state index in [1.165, 1.54) is 3.67 Å². The molecule has 0 aliphatic heterocycles. The Bertz CT molecular complexity index is 792. The molecule has 2 aromatic heterocycles. The van der Waals surface area contributed by atoms with Crippen LogP contribution in [0.15, 0.2) is 53.6 Å². The molecule has 0 spiro atoms. The van der Waals surface area contributed by atoms with E-state index in [9.17, 15) is 9.59 Å². The number of fused-ring (bicyclic) bond motifs is 1. The van der Waals surface area contributed by atoms with Gasteiger partial charge in [-0.1, -0.05) is 0 Å². The Morgan fingerprint density at radius 2 is 1.89 bits per heavy atom. The first-order chi connectivity index (χ1) is 9.25. The molecule has 94 valence electrons. The number of aromatic nitrogens is 2. The van der Waals surface area contributed by atoms with Crippen molar-refractivity contribution >= 4 is 30.3 Å². The third kappa shape index (κ3) is 2.23. The van der Waals surface area contributed by atoms with Gasteiger partial charge in [-0.2, -0.15) is 0 Å². The van der Waals surface area contributed by atoms with Gasteiger partial charge in [-0.05, 0) is 0 Å². The van der Waals surface area contributed by atoms with Crippen LogP contribution >= 0.6 is 0 Å². The summed E-state index contributed by atoms with van der Waals surface area (Å²) >= 11 is -0.212. The molecule has 2 heterocycles. The summed E-state index contributed by atoms with van der Waals surface area (Å²) in [6.45, 7) is 0. The molecule has 1 aromatic carbocycles. The summed E-state index contributed by atoms with van der Waals surface area (Å²) in [5.74, 6) is -0.301. The van der Waals surface area contributed by atoms with Gasteiger partial charge in [0.1, 0.15) is 0 Å². The van der Waals surface area contributed by atoms with Crippen LogP contribution < -0.4 is 11.0 Å². The molecular weight excluding hydrogens is 309 g/mol. The van der Waals surface area contributed by atoms with Crippen LogP contribution in [-0.2, 0) is 0 Å². The van der Waals surface area contributed by atoms with Gasteiger partial charge in [-0.15, -0.1) is 0 Å². The zero-order valence-corrected chi connectivity index (χ0v) is 11.5. The summed E-state index contributed by atoms with van der Waals surface area (Å²) in [5, 5.41) is 0.664. The first-order valence-corrected chi connectivity index (χ1v) is 7.20. The van der Waals surface area contributed by atoms with Crippen LogP contribution in [0.5, 0.6) is 0 Å². The molecular formula is C13H9N3O2Se. The van der Waals surface area contributed by atoms with Crippen LogP contribution in [-0.4, -0.2) is 29.3 Å². The van der Waals surface area contributed by atoms with E-state index in [0.29, 0.717) is 10.9 Å². The number of nitrogens with zero attached hydrogens (tertiary/aromatic N) is 2. The molecule has 3 aromatic rings. The number of nitrogens with one attached hydrogen (secondary N) is 1. The van der Waals surface area contributed by atoms with Crippen LogP contribution in [0.4, 0.5) is 0 Å². The topological polar surface area (TPSA) is 64.0 Å². The predicted molar refractivity (Wildman–Crippen MR) is 73.1 cm³/mol. The number of hydrogen-bond donors (Lipinski definition) is 1. The summed E-state index contributed by atoms with van der Waals surface area (Å²) < 4.78 is 2.37. The maximum absolute atomic E-state index is 12.1. The van der Waals surface area contributed by atoms with Gasteiger partial charge in [0, 0.05) is 0 Å². The fraction of sp³-hybridized carbons (Fsp3) is 0. The Morgan fingerprint density at radius 3 is 2.63 bits per heavy atom. The fourth-order valence-electron chi connectivity index (χ4n) is 1.71. The maximum atomic E-state index is 12.1. The van der Waals surface area contributed by atoms with Crippen molar-refractivity contribution in [3.8, 4) is 0 Å². The quantitative estimate of drug-likeness (QED) is 0.712. The molecule has 0 saturated heterocycles. The Morgan fingerprint density at radius 1 is 1.16 bits per heavy atom. The van der Waals surface area contributed by atoms with Crippen molar-refractivity contribution in [1.82, 2.24) is 8.66 Å². The Labute approximate surface area is 114 Å². The number of hydrogen-bond acceptors (Lipinski definition) is 3. The molecule has 0 radical (unpaired) electrons. The number of pyridine rings is 1. The number of carbonyl (C=O) groups is 1. The third-order valence-electron chi connectivity index (χ3n) is 2.64. The molecule has 5 nitrogen and oxygen atoms in total. The monoisotopic (exact) mass is 319 g/mol. The predicted octanol–water partition coefficient (Wildman–Crippen LogP) is 0.837. The van der Waals surface area contributed by atoms with Crippen molar-refractivity contribution in [2.24, 2.45) is 0 Å². The van der Waals surface area contributed by atoms with E-state index in [2.05, 4.69) is 10.4 Å². The third-order valence-corrected chi connectivity index (χ3v) is 4.72. The van der Waals surface area contributed by atoms with Crippen LogP contribution in [0.1, 0.15) is 10.4 Å². The van der Waals surface area contributed by atoms with E-state index in [-0.39, 0.29) is 26.2 Å². The van der Waals surface area contributed by atoms with E-state index in [4.69, 9.17) is 0 Å². The summed E-state index contributed by atoms with van der Waals surface area (Å²) in [4.78, 5) is 27.9. The summed E-state index contributed by atoms with van der Waals surface area (Å²) in [6.07, 6.45) is 3.08. The molecule has 0 bridgehead atoms. The number of amides is 1. The first kappa shape index (κ1) is 11.9. The normalized spacial score (nSPS) is 10.5. The number of benzene rings is 1. The van der Waals surface area contributed by atoms with Gasteiger partial charge in [0.2, 0.25) is 0 Å². The molecule has 6 heteroatoms. The average Bonchev–Trinajstić information content (AvgIpc) is 2.77. The Kier molecular flexibility index (Phi) is 3.03. The second-order valence-corrected chi connectivity index (χ2v) is 5.94. The van der Waals surface area contributed by atoms with Crippen molar-refractivity contribution in [2.45, 2.75) is 0 Å². The standard InChI is InChI=1S/C13H9N3O2Se/c17-12(9-5-7-14-8-6-9)15-16-13(18)10-3-1-2-4-11(10)19-16/h1-8H,(H,15,17). The van der Waals surface area contributed by atoms with E-state index in [1.54, 1.807) is 30.6 Å². The molecule has 3 rings (SSSR count). The molecule has 0 fully saturated rings. The molecule has 0 aliphatic carbocycles. The van der Waals surface area contributed by atoms with Crippen LogP contribution in [0.2, 0.25) is 0 Å². The first-order valence-electron chi connectivity index (χ1n) is 5.58. The van der Waals surface area contributed by atoms with E-state index in [1.807, 2.05) is 18.2 Å². The van der Waals surface area contributed by atoms with E-state index in [0.717, 1.165) is 4.26 Å². The summed E-state index contributed by atoms with van der Waals surface area (Å²) in [6, 6.07) is 10.6. The van der Waals surface area contributed by atoms with Gasteiger partial charge in [0.25, 0.3) is 0 Å².